The highest BCUT2D eigenvalue weighted by molar-refractivity contribution is 6.00. The molecule has 124 valence electrons. The number of hydrogen-bond acceptors (Lipinski definition) is 4. The molecule has 5 heteroatoms. The number of Topliss-reactive ketones (excluding diaryl/α,β-unsaturated/α-hetero) is 1. The highest BCUT2D eigenvalue weighted by atomic mass is 16.2. The molecule has 0 unspecified atom stereocenters. The van der Waals surface area contributed by atoms with E-state index in [4.69, 9.17) is 0 Å². The van der Waals surface area contributed by atoms with Crippen molar-refractivity contribution in [2.75, 3.05) is 5.32 Å². The maximum absolute atomic E-state index is 12.4. The van der Waals surface area contributed by atoms with Crippen molar-refractivity contribution in [3.63, 3.8) is 0 Å². The van der Waals surface area contributed by atoms with Crippen LogP contribution in [0.15, 0.2) is 0 Å². The highest BCUT2D eigenvalue weighted by Gasteiger charge is 2.34. The molecule has 0 bridgehead atoms. The second-order valence-corrected chi connectivity index (χ2v) is 7.72. The van der Waals surface area contributed by atoms with Crippen LogP contribution in [0.4, 0.5) is 5.95 Å². The normalized spacial score (nSPS) is 20.9. The van der Waals surface area contributed by atoms with Crippen molar-refractivity contribution in [2.45, 2.75) is 65.7 Å². The molecule has 1 N–H and O–H groups in total. The lowest BCUT2D eigenvalue weighted by Crippen LogP contribution is -2.31. The fourth-order valence-corrected chi connectivity index (χ4v) is 3.79. The number of aryl methyl sites for hydroxylation is 1. The Morgan fingerprint density at radius 3 is 2.52 bits per heavy atom. The van der Waals surface area contributed by atoms with Gasteiger partial charge in [-0.1, -0.05) is 33.1 Å². The molecule has 2 aliphatic carbocycles. The third-order valence-corrected chi connectivity index (χ3v) is 4.94. The quantitative estimate of drug-likeness (QED) is 0.907. The Labute approximate surface area is 137 Å². The number of anilines is 1. The van der Waals surface area contributed by atoms with Crippen molar-refractivity contribution in [2.24, 2.45) is 11.3 Å². The maximum Gasteiger partial charge on any atom is 0.229 e. The van der Waals surface area contributed by atoms with E-state index in [1.165, 1.54) is 6.42 Å². The Balaban J connectivity index is 1.83. The van der Waals surface area contributed by atoms with E-state index < -0.39 is 0 Å². The van der Waals surface area contributed by atoms with Crippen LogP contribution in [0.5, 0.6) is 0 Å². The summed E-state index contributed by atoms with van der Waals surface area (Å²) in [6, 6.07) is 0. The molecule has 1 aromatic rings. The summed E-state index contributed by atoms with van der Waals surface area (Å²) in [6.45, 7) is 5.98. The van der Waals surface area contributed by atoms with Gasteiger partial charge in [0.15, 0.2) is 5.78 Å². The first-order chi connectivity index (χ1) is 10.9. The number of fused-ring (bicyclic) bond motifs is 1. The number of nitrogens with zero attached hydrogens (tertiary/aromatic N) is 2. The van der Waals surface area contributed by atoms with Crippen molar-refractivity contribution in [1.29, 1.82) is 0 Å². The standard InChI is InChI=1S/C18H25N3O2/c1-11-15-13(9-18(2,3)10-14(15)22)20-17(19-11)21-16(23)12-7-5-4-6-8-12/h12H,4-10H2,1-3H3,(H,19,20,21,23). The summed E-state index contributed by atoms with van der Waals surface area (Å²) in [5.41, 5.74) is 2.02. The van der Waals surface area contributed by atoms with Gasteiger partial charge in [0.1, 0.15) is 0 Å². The second-order valence-electron chi connectivity index (χ2n) is 7.72. The number of carbonyl (C=O) groups is 2. The van der Waals surface area contributed by atoms with Gasteiger partial charge in [-0.05, 0) is 31.6 Å². The molecule has 1 saturated carbocycles. The van der Waals surface area contributed by atoms with Crippen LogP contribution in [0.1, 0.15) is 74.1 Å². The molecule has 0 radical (unpaired) electrons. The van der Waals surface area contributed by atoms with Crippen LogP contribution in [-0.2, 0) is 11.2 Å². The van der Waals surface area contributed by atoms with E-state index >= 15 is 0 Å². The summed E-state index contributed by atoms with van der Waals surface area (Å²) >= 11 is 0. The van der Waals surface area contributed by atoms with Gasteiger partial charge in [-0.2, -0.15) is 0 Å². The minimum Gasteiger partial charge on any atom is -0.294 e. The number of carbonyl (C=O) groups excluding carboxylic acids is 2. The van der Waals surface area contributed by atoms with E-state index in [-0.39, 0.29) is 23.0 Å². The average molecular weight is 315 g/mol. The van der Waals surface area contributed by atoms with Crippen LogP contribution in [0, 0.1) is 18.3 Å². The molecular weight excluding hydrogens is 290 g/mol. The summed E-state index contributed by atoms with van der Waals surface area (Å²) in [7, 11) is 0. The van der Waals surface area contributed by atoms with Gasteiger partial charge in [-0.15, -0.1) is 0 Å². The third-order valence-electron chi connectivity index (χ3n) is 4.94. The van der Waals surface area contributed by atoms with Gasteiger partial charge in [0.2, 0.25) is 11.9 Å². The summed E-state index contributed by atoms with van der Waals surface area (Å²) < 4.78 is 0. The lowest BCUT2D eigenvalue weighted by molar-refractivity contribution is -0.120. The predicted molar refractivity (Wildman–Crippen MR) is 88.4 cm³/mol. The molecule has 0 spiro atoms. The minimum atomic E-state index is -0.0878. The summed E-state index contributed by atoms with van der Waals surface area (Å²) in [5.74, 6) is 0.549. The van der Waals surface area contributed by atoms with Gasteiger partial charge in [-0.25, -0.2) is 9.97 Å². The topological polar surface area (TPSA) is 72.0 Å². The van der Waals surface area contributed by atoms with Crippen LogP contribution >= 0.6 is 0 Å². The van der Waals surface area contributed by atoms with E-state index in [1.54, 1.807) is 0 Å². The fraction of sp³-hybridized carbons (Fsp3) is 0.667. The van der Waals surface area contributed by atoms with Gasteiger partial charge in [0.25, 0.3) is 0 Å². The van der Waals surface area contributed by atoms with Crippen molar-refractivity contribution < 1.29 is 9.59 Å². The van der Waals surface area contributed by atoms with Crippen LogP contribution in [0.2, 0.25) is 0 Å². The average Bonchev–Trinajstić information content (AvgIpc) is 2.45. The number of nitrogens with one attached hydrogen (secondary N) is 1. The number of ketones is 1. The molecule has 5 nitrogen and oxygen atoms in total. The largest absolute Gasteiger partial charge is 0.294 e. The van der Waals surface area contributed by atoms with E-state index in [2.05, 4.69) is 29.1 Å². The summed E-state index contributed by atoms with van der Waals surface area (Å²) in [6.07, 6.45) is 6.61. The van der Waals surface area contributed by atoms with Gasteiger partial charge in [-0.3, -0.25) is 14.9 Å². The lowest BCUT2D eigenvalue weighted by Gasteiger charge is -2.30. The Bertz CT molecular complexity index is 646. The van der Waals surface area contributed by atoms with Crippen LogP contribution in [0.3, 0.4) is 0 Å². The zero-order valence-electron chi connectivity index (χ0n) is 14.2. The highest BCUT2D eigenvalue weighted by Crippen LogP contribution is 2.35. The third kappa shape index (κ3) is 3.43. The molecule has 3 rings (SSSR count). The maximum atomic E-state index is 12.4. The Kier molecular flexibility index (Phi) is 4.21. The fourth-order valence-electron chi connectivity index (χ4n) is 3.79. The molecule has 0 saturated heterocycles. The van der Waals surface area contributed by atoms with E-state index in [0.29, 0.717) is 23.6 Å². The van der Waals surface area contributed by atoms with Crippen molar-refractivity contribution >= 4 is 17.6 Å². The van der Waals surface area contributed by atoms with E-state index in [9.17, 15) is 9.59 Å². The molecule has 0 aromatic carbocycles. The molecule has 23 heavy (non-hydrogen) atoms. The molecule has 1 aromatic heterocycles. The van der Waals surface area contributed by atoms with Gasteiger partial charge in [0.05, 0.1) is 17.0 Å². The molecular formula is C18H25N3O2. The second kappa shape index (κ2) is 6.02. The van der Waals surface area contributed by atoms with E-state index in [1.807, 2.05) is 6.92 Å². The summed E-state index contributed by atoms with van der Waals surface area (Å²) in [5, 5.41) is 2.87. The molecule has 1 fully saturated rings. The number of aromatic nitrogens is 2. The molecule has 1 heterocycles. The number of amides is 1. The van der Waals surface area contributed by atoms with Gasteiger partial charge in [0, 0.05) is 12.3 Å². The van der Waals surface area contributed by atoms with Gasteiger partial charge >= 0.3 is 0 Å². The zero-order valence-corrected chi connectivity index (χ0v) is 14.2. The molecule has 0 aliphatic heterocycles. The Morgan fingerprint density at radius 1 is 1.13 bits per heavy atom. The Hall–Kier alpha value is -1.78. The molecule has 1 amide bonds. The van der Waals surface area contributed by atoms with Crippen LogP contribution < -0.4 is 5.32 Å². The predicted octanol–water partition coefficient (Wildman–Crippen LogP) is 3.46. The van der Waals surface area contributed by atoms with Gasteiger partial charge < -0.3 is 0 Å². The molecule has 0 atom stereocenters. The monoisotopic (exact) mass is 315 g/mol. The first kappa shape index (κ1) is 16.1. The number of hydrogen-bond donors (Lipinski definition) is 1. The van der Waals surface area contributed by atoms with Crippen molar-refractivity contribution in [1.82, 2.24) is 9.97 Å². The first-order valence-corrected chi connectivity index (χ1v) is 8.57. The minimum absolute atomic E-state index is 0.0189. The van der Waals surface area contributed by atoms with Crippen molar-refractivity contribution in [3.8, 4) is 0 Å². The van der Waals surface area contributed by atoms with E-state index in [0.717, 1.165) is 37.8 Å². The summed E-state index contributed by atoms with van der Waals surface area (Å²) in [4.78, 5) is 33.6. The smallest absolute Gasteiger partial charge is 0.229 e. The zero-order chi connectivity index (χ0) is 16.6. The molecule has 2 aliphatic rings. The van der Waals surface area contributed by atoms with Crippen LogP contribution in [0.25, 0.3) is 0 Å². The number of rotatable bonds is 2. The van der Waals surface area contributed by atoms with Crippen LogP contribution in [-0.4, -0.2) is 21.7 Å². The SMILES string of the molecule is Cc1nc(NC(=O)C2CCCCC2)nc2c1C(=O)CC(C)(C)C2. The Morgan fingerprint density at radius 2 is 1.83 bits per heavy atom. The first-order valence-electron chi connectivity index (χ1n) is 8.57. The van der Waals surface area contributed by atoms with Crippen molar-refractivity contribution in [3.05, 3.63) is 17.0 Å². The lowest BCUT2D eigenvalue weighted by atomic mass is 9.75.